The monoisotopic (exact) mass is 535 g/mol. The number of aromatic nitrogens is 4. The van der Waals surface area contributed by atoms with Gasteiger partial charge >= 0.3 is 0 Å². The maximum absolute atomic E-state index is 12.9. The number of anilines is 1. The van der Waals surface area contributed by atoms with Gasteiger partial charge in [0.15, 0.2) is 0 Å². The van der Waals surface area contributed by atoms with E-state index in [1.54, 1.807) is 11.1 Å². The van der Waals surface area contributed by atoms with Crippen molar-refractivity contribution in [2.45, 2.75) is 62.6 Å². The van der Waals surface area contributed by atoms with Gasteiger partial charge in [0.25, 0.3) is 17.6 Å². The summed E-state index contributed by atoms with van der Waals surface area (Å²) in [7, 11) is 0. The average molecular weight is 536 g/mol. The van der Waals surface area contributed by atoms with Crippen molar-refractivity contribution in [3.63, 3.8) is 0 Å². The van der Waals surface area contributed by atoms with Crippen LogP contribution in [0.2, 0.25) is 0 Å². The number of carbonyl (C=O) groups is 2. The minimum atomic E-state index is -0.515. The molecule has 4 heterocycles. The minimum absolute atomic E-state index is 0.0594. The van der Waals surface area contributed by atoms with Gasteiger partial charge in [-0.2, -0.15) is 4.98 Å². The first-order valence-corrected chi connectivity index (χ1v) is 13.9. The van der Waals surface area contributed by atoms with Crippen molar-refractivity contribution in [2.24, 2.45) is 17.8 Å². The van der Waals surface area contributed by atoms with Gasteiger partial charge in [-0.05, 0) is 68.8 Å². The van der Waals surface area contributed by atoms with Crippen molar-refractivity contribution in [1.29, 1.82) is 0 Å². The van der Waals surface area contributed by atoms with E-state index in [-0.39, 0.29) is 29.7 Å². The summed E-state index contributed by atoms with van der Waals surface area (Å²) in [6.45, 7) is 0.439. The van der Waals surface area contributed by atoms with Crippen LogP contribution in [0.4, 0.5) is 5.69 Å². The highest BCUT2D eigenvalue weighted by atomic mass is 16.5. The summed E-state index contributed by atoms with van der Waals surface area (Å²) in [6.07, 6.45) is 9.55. The predicted molar refractivity (Wildman–Crippen MR) is 139 cm³/mol. The number of likely N-dealkylation sites (tertiary alicyclic amines) is 1. The molecule has 8 rings (SSSR count). The van der Waals surface area contributed by atoms with Crippen molar-refractivity contribution >= 4 is 28.5 Å². The Kier molecular flexibility index (Phi) is 5.85. The minimum Gasteiger partial charge on any atom is -0.390 e. The number of hydrogen-bond donors (Lipinski definition) is 5. The van der Waals surface area contributed by atoms with Crippen LogP contribution < -0.4 is 10.6 Å². The van der Waals surface area contributed by atoms with Crippen molar-refractivity contribution in [1.82, 2.24) is 30.3 Å². The average Bonchev–Trinajstić information content (AvgIpc) is 3.60. The molecule has 5 aliphatic rings. The van der Waals surface area contributed by atoms with E-state index >= 15 is 0 Å². The molecule has 0 spiro atoms. The second kappa shape index (κ2) is 9.30. The van der Waals surface area contributed by atoms with Crippen molar-refractivity contribution < 1.29 is 24.3 Å². The summed E-state index contributed by atoms with van der Waals surface area (Å²) < 4.78 is 5.58. The third-order valence-electron chi connectivity index (χ3n) is 9.32. The number of hydrogen-bond acceptors (Lipinski definition) is 9. The molecular formula is C27H33N7O5. The standard InChI is InChI=1S/C27H33N7O5/c35-13-20(36)34-5-2-17(3-6-34)30-25(37)24-32-26(39-33-24)19-12-29-23-18(1-4-28-23)22(19)31-21-15-7-14-8-16(21)11-27(38,9-14)10-15/h1,4,12,14-17,21,35,38H,2-3,5-11,13H2,(H,30,37)(H2,28,29,31)/t14?,15-,16+,21?,27?. The lowest BCUT2D eigenvalue weighted by atomic mass is 9.52. The Balaban J connectivity index is 1.11. The van der Waals surface area contributed by atoms with E-state index < -0.39 is 18.1 Å². The molecule has 4 saturated carbocycles. The highest BCUT2D eigenvalue weighted by molar-refractivity contribution is 5.97. The van der Waals surface area contributed by atoms with Gasteiger partial charge in [-0.3, -0.25) is 9.59 Å². The van der Waals surface area contributed by atoms with E-state index in [9.17, 15) is 14.7 Å². The normalized spacial score (nSPS) is 30.2. The largest absolute Gasteiger partial charge is 0.390 e. The molecule has 3 aromatic rings. The maximum atomic E-state index is 12.9. The zero-order valence-electron chi connectivity index (χ0n) is 21.6. The van der Waals surface area contributed by atoms with Crippen LogP contribution in [0.1, 0.15) is 55.6 Å². The molecule has 206 valence electrons. The summed E-state index contributed by atoms with van der Waals surface area (Å²) in [5, 5.41) is 31.7. The van der Waals surface area contributed by atoms with Gasteiger partial charge in [0.2, 0.25) is 5.91 Å². The van der Waals surface area contributed by atoms with Crippen molar-refractivity contribution in [2.75, 3.05) is 25.0 Å². The number of piperidine rings is 1. The summed E-state index contributed by atoms with van der Waals surface area (Å²) in [6, 6.07) is 2.08. The summed E-state index contributed by atoms with van der Waals surface area (Å²) in [4.78, 5) is 38.3. The van der Waals surface area contributed by atoms with Crippen LogP contribution in [-0.4, -0.2) is 84.4 Å². The Morgan fingerprint density at radius 2 is 1.95 bits per heavy atom. The third kappa shape index (κ3) is 4.35. The first kappa shape index (κ1) is 24.5. The predicted octanol–water partition coefficient (Wildman–Crippen LogP) is 1.68. The number of amides is 2. The zero-order valence-corrected chi connectivity index (χ0v) is 21.6. The van der Waals surface area contributed by atoms with Crippen LogP contribution in [0.15, 0.2) is 23.0 Å². The Morgan fingerprint density at radius 1 is 1.18 bits per heavy atom. The fourth-order valence-corrected chi connectivity index (χ4v) is 7.76. The number of aromatic amines is 1. The number of pyridine rings is 1. The van der Waals surface area contributed by atoms with Crippen LogP contribution in [-0.2, 0) is 4.79 Å². The molecule has 12 nitrogen and oxygen atoms in total. The molecule has 39 heavy (non-hydrogen) atoms. The number of nitrogens with zero attached hydrogens (tertiary/aromatic N) is 4. The molecule has 3 aromatic heterocycles. The van der Waals surface area contributed by atoms with Crippen LogP contribution in [0.3, 0.4) is 0 Å². The zero-order chi connectivity index (χ0) is 26.7. The number of fused-ring (bicyclic) bond motifs is 1. The SMILES string of the molecule is O=C(NC1CCN(C(=O)CO)CC1)c1noc(-c2cnc3[nH]ccc3c2NC2[C@@H]3CC4C[C@H]2CC(O)(C4)C3)n1. The van der Waals surface area contributed by atoms with E-state index in [1.165, 1.54) is 0 Å². The molecule has 2 amide bonds. The Bertz CT molecular complexity index is 1390. The summed E-state index contributed by atoms with van der Waals surface area (Å²) in [5.74, 6) is 0.828. The summed E-state index contributed by atoms with van der Waals surface area (Å²) in [5.41, 5.74) is 1.71. The molecular weight excluding hydrogens is 502 g/mol. The molecule has 3 unspecified atom stereocenters. The number of aliphatic hydroxyl groups is 2. The Hall–Kier alpha value is -3.51. The van der Waals surface area contributed by atoms with Crippen molar-refractivity contribution in [3.8, 4) is 11.5 Å². The molecule has 12 heteroatoms. The second-order valence-corrected chi connectivity index (χ2v) is 11.9. The van der Waals surface area contributed by atoms with Gasteiger partial charge in [0, 0.05) is 43.0 Å². The molecule has 0 radical (unpaired) electrons. The van der Waals surface area contributed by atoms with Gasteiger partial charge in [-0.15, -0.1) is 0 Å². The quantitative estimate of drug-likeness (QED) is 0.315. The lowest BCUT2D eigenvalue weighted by Gasteiger charge is -2.58. The fraction of sp³-hybridized carbons (Fsp3) is 0.593. The van der Waals surface area contributed by atoms with Crippen LogP contribution in [0.25, 0.3) is 22.5 Å². The first-order chi connectivity index (χ1) is 18.9. The van der Waals surface area contributed by atoms with E-state index in [0.717, 1.165) is 48.8 Å². The molecule has 0 aromatic carbocycles. The number of aliphatic hydroxyl groups excluding tert-OH is 1. The van der Waals surface area contributed by atoms with E-state index in [1.807, 2.05) is 12.3 Å². The second-order valence-electron chi connectivity index (χ2n) is 11.9. The molecule has 5 atom stereocenters. The highest BCUT2D eigenvalue weighted by Gasteiger charge is 2.54. The summed E-state index contributed by atoms with van der Waals surface area (Å²) >= 11 is 0. The Labute approximate surface area is 224 Å². The molecule has 1 saturated heterocycles. The van der Waals surface area contributed by atoms with Gasteiger partial charge in [0.05, 0.1) is 16.9 Å². The fourth-order valence-electron chi connectivity index (χ4n) is 7.76. The number of rotatable bonds is 6. The van der Waals surface area contributed by atoms with Gasteiger partial charge < -0.3 is 35.3 Å². The van der Waals surface area contributed by atoms with E-state index in [2.05, 4.69) is 30.7 Å². The number of nitrogens with one attached hydrogen (secondary N) is 3. The lowest BCUT2D eigenvalue weighted by Crippen LogP contribution is -2.59. The maximum Gasteiger partial charge on any atom is 0.292 e. The van der Waals surface area contributed by atoms with Crippen molar-refractivity contribution in [3.05, 3.63) is 24.3 Å². The highest BCUT2D eigenvalue weighted by Crippen LogP contribution is 2.56. The lowest BCUT2D eigenvalue weighted by molar-refractivity contribution is -0.135. The Morgan fingerprint density at radius 3 is 2.67 bits per heavy atom. The number of carbonyl (C=O) groups excluding carboxylic acids is 2. The molecule has 5 N–H and O–H groups in total. The van der Waals surface area contributed by atoms with Crippen LogP contribution in [0, 0.1) is 17.8 Å². The third-order valence-corrected chi connectivity index (χ3v) is 9.32. The topological polar surface area (TPSA) is 170 Å². The first-order valence-electron chi connectivity index (χ1n) is 13.9. The van der Waals surface area contributed by atoms with Gasteiger partial charge in [-0.1, -0.05) is 5.16 Å². The smallest absolute Gasteiger partial charge is 0.292 e. The molecule has 4 bridgehead atoms. The van der Waals surface area contributed by atoms with Gasteiger partial charge in [-0.25, -0.2) is 4.98 Å². The molecule has 1 aliphatic heterocycles. The van der Waals surface area contributed by atoms with Crippen LogP contribution in [0.5, 0.6) is 0 Å². The van der Waals surface area contributed by atoms with E-state index in [0.29, 0.717) is 49.2 Å². The van der Waals surface area contributed by atoms with Gasteiger partial charge in [0.1, 0.15) is 12.3 Å². The molecule has 4 aliphatic carbocycles. The van der Waals surface area contributed by atoms with E-state index in [4.69, 9.17) is 9.63 Å². The van der Waals surface area contributed by atoms with Crippen LogP contribution >= 0.6 is 0 Å². The number of H-pyrrole nitrogens is 1. The molecule has 5 fully saturated rings.